The standard InChI is InChI=1S/C31H34F4O3/c1-3-5-18-37-27-17-15-25(29(33)31(27)35)22-10-12-23(13-11-22)38-19-20-6-8-21(9-7-20)24-14-16-26(36-4-2)30(34)28(24)32/h10-17,20-21H,3-9,18-19H2,1-2H3. The van der Waals surface area contributed by atoms with E-state index in [1.807, 2.05) is 6.92 Å². The van der Waals surface area contributed by atoms with Gasteiger partial charge >= 0.3 is 0 Å². The molecule has 0 radical (unpaired) electrons. The third-order valence-electron chi connectivity index (χ3n) is 7.12. The van der Waals surface area contributed by atoms with Crippen molar-refractivity contribution < 1.29 is 31.8 Å². The Morgan fingerprint density at radius 1 is 0.684 bits per heavy atom. The van der Waals surface area contributed by atoms with Gasteiger partial charge in [-0.15, -0.1) is 0 Å². The van der Waals surface area contributed by atoms with Gasteiger partial charge in [0.25, 0.3) is 0 Å². The van der Waals surface area contributed by atoms with E-state index in [1.165, 1.54) is 18.2 Å². The number of hydrogen-bond donors (Lipinski definition) is 0. The molecule has 0 spiro atoms. The topological polar surface area (TPSA) is 27.7 Å². The molecule has 0 bridgehead atoms. The molecule has 0 unspecified atom stereocenters. The van der Waals surface area contributed by atoms with Gasteiger partial charge in [-0.3, -0.25) is 0 Å². The summed E-state index contributed by atoms with van der Waals surface area (Å²) in [5.41, 5.74) is 1.11. The van der Waals surface area contributed by atoms with Crippen LogP contribution < -0.4 is 14.2 Å². The Morgan fingerprint density at radius 2 is 1.34 bits per heavy atom. The molecule has 0 heterocycles. The maximum absolute atomic E-state index is 14.7. The van der Waals surface area contributed by atoms with Crippen molar-refractivity contribution >= 4 is 0 Å². The first-order valence-corrected chi connectivity index (χ1v) is 13.4. The Bertz CT molecular complexity index is 1200. The predicted octanol–water partition coefficient (Wildman–Crippen LogP) is 8.84. The maximum atomic E-state index is 14.7. The van der Waals surface area contributed by atoms with Crippen LogP contribution in [0.5, 0.6) is 17.2 Å². The molecule has 204 valence electrons. The quantitative estimate of drug-likeness (QED) is 0.183. The van der Waals surface area contributed by atoms with E-state index >= 15 is 0 Å². The van der Waals surface area contributed by atoms with Gasteiger partial charge in [-0.1, -0.05) is 31.5 Å². The summed E-state index contributed by atoms with van der Waals surface area (Å²) in [6.07, 6.45) is 4.86. The van der Waals surface area contributed by atoms with Crippen LogP contribution in [-0.4, -0.2) is 19.8 Å². The molecule has 3 aromatic rings. The average molecular weight is 531 g/mol. The minimum atomic E-state index is -0.984. The molecule has 3 nitrogen and oxygen atoms in total. The first kappa shape index (κ1) is 27.8. The summed E-state index contributed by atoms with van der Waals surface area (Å²) >= 11 is 0. The van der Waals surface area contributed by atoms with E-state index in [-0.39, 0.29) is 29.6 Å². The summed E-state index contributed by atoms with van der Waals surface area (Å²) in [6.45, 7) is 4.85. The molecule has 1 fully saturated rings. The van der Waals surface area contributed by atoms with Crippen molar-refractivity contribution in [3.63, 3.8) is 0 Å². The van der Waals surface area contributed by atoms with Crippen molar-refractivity contribution in [3.8, 4) is 28.4 Å². The number of rotatable bonds is 11. The highest BCUT2D eigenvalue weighted by Crippen LogP contribution is 2.39. The average Bonchev–Trinajstić information content (AvgIpc) is 2.94. The van der Waals surface area contributed by atoms with Crippen LogP contribution in [0, 0.1) is 29.2 Å². The van der Waals surface area contributed by atoms with Gasteiger partial charge in [0.05, 0.1) is 19.8 Å². The van der Waals surface area contributed by atoms with E-state index < -0.39 is 23.3 Å². The molecular weight excluding hydrogens is 496 g/mol. The highest BCUT2D eigenvalue weighted by molar-refractivity contribution is 5.66. The van der Waals surface area contributed by atoms with Crippen LogP contribution in [0.4, 0.5) is 17.6 Å². The van der Waals surface area contributed by atoms with Gasteiger partial charge in [0, 0.05) is 5.56 Å². The lowest BCUT2D eigenvalue weighted by molar-refractivity contribution is 0.198. The molecule has 38 heavy (non-hydrogen) atoms. The first-order chi connectivity index (χ1) is 18.4. The van der Waals surface area contributed by atoms with Crippen molar-refractivity contribution in [1.82, 2.24) is 0 Å². The zero-order valence-corrected chi connectivity index (χ0v) is 21.9. The second-order valence-corrected chi connectivity index (χ2v) is 9.71. The fourth-order valence-corrected chi connectivity index (χ4v) is 4.91. The largest absolute Gasteiger partial charge is 0.493 e. The lowest BCUT2D eigenvalue weighted by Crippen LogP contribution is -2.20. The summed E-state index contributed by atoms with van der Waals surface area (Å²) in [5.74, 6) is -2.88. The SMILES string of the molecule is CCCCOc1ccc(-c2ccc(OCC3CCC(c4ccc(OCC)c(F)c4F)CC3)cc2)c(F)c1F. The molecule has 0 N–H and O–H groups in total. The minimum absolute atomic E-state index is 0.0329. The number of hydrogen-bond acceptors (Lipinski definition) is 3. The van der Waals surface area contributed by atoms with Crippen LogP contribution in [0.1, 0.15) is 63.9 Å². The molecule has 1 aliphatic carbocycles. The van der Waals surface area contributed by atoms with Crippen LogP contribution in [0.25, 0.3) is 11.1 Å². The van der Waals surface area contributed by atoms with Gasteiger partial charge in [0.15, 0.2) is 23.1 Å². The predicted molar refractivity (Wildman–Crippen MR) is 140 cm³/mol. The first-order valence-electron chi connectivity index (χ1n) is 13.4. The molecule has 1 aliphatic rings. The maximum Gasteiger partial charge on any atom is 0.201 e. The lowest BCUT2D eigenvalue weighted by atomic mass is 9.79. The third-order valence-corrected chi connectivity index (χ3v) is 7.12. The highest BCUT2D eigenvalue weighted by atomic mass is 19.2. The van der Waals surface area contributed by atoms with Gasteiger partial charge in [0.1, 0.15) is 5.75 Å². The van der Waals surface area contributed by atoms with Crippen molar-refractivity contribution in [2.75, 3.05) is 19.8 Å². The molecule has 0 saturated heterocycles. The van der Waals surface area contributed by atoms with E-state index in [1.54, 1.807) is 37.3 Å². The number of halogens is 4. The summed E-state index contributed by atoms with van der Waals surface area (Å²) in [6, 6.07) is 13.0. The Labute approximate surface area is 221 Å². The Morgan fingerprint density at radius 3 is 2.03 bits per heavy atom. The fraction of sp³-hybridized carbons (Fsp3) is 0.419. The van der Waals surface area contributed by atoms with Crippen molar-refractivity contribution in [1.29, 1.82) is 0 Å². The van der Waals surface area contributed by atoms with E-state index in [2.05, 4.69) is 0 Å². The van der Waals surface area contributed by atoms with Gasteiger partial charge in [0.2, 0.25) is 11.6 Å². The lowest BCUT2D eigenvalue weighted by Gasteiger charge is -2.29. The second kappa shape index (κ2) is 13.0. The third kappa shape index (κ3) is 6.43. The Balaban J connectivity index is 1.30. The molecule has 0 atom stereocenters. The van der Waals surface area contributed by atoms with Gasteiger partial charge in [-0.05, 0) is 92.3 Å². The zero-order valence-electron chi connectivity index (χ0n) is 21.9. The van der Waals surface area contributed by atoms with E-state index in [4.69, 9.17) is 14.2 Å². The summed E-state index contributed by atoms with van der Waals surface area (Å²) < 4.78 is 74.4. The number of benzene rings is 3. The summed E-state index contributed by atoms with van der Waals surface area (Å²) in [4.78, 5) is 0. The van der Waals surface area contributed by atoms with Crippen LogP contribution >= 0.6 is 0 Å². The molecule has 7 heteroatoms. The monoisotopic (exact) mass is 530 g/mol. The summed E-state index contributed by atoms with van der Waals surface area (Å²) in [7, 11) is 0. The molecule has 1 saturated carbocycles. The molecule has 3 aromatic carbocycles. The molecule has 0 aromatic heterocycles. The van der Waals surface area contributed by atoms with Gasteiger partial charge in [-0.2, -0.15) is 8.78 Å². The van der Waals surface area contributed by atoms with Crippen LogP contribution in [0.3, 0.4) is 0 Å². The van der Waals surface area contributed by atoms with Crippen molar-refractivity contribution in [2.45, 2.75) is 58.3 Å². The molecule has 4 rings (SSSR count). The van der Waals surface area contributed by atoms with Gasteiger partial charge in [-0.25, -0.2) is 8.78 Å². The van der Waals surface area contributed by atoms with E-state index in [9.17, 15) is 17.6 Å². The fourth-order valence-electron chi connectivity index (χ4n) is 4.91. The Kier molecular flexibility index (Phi) is 9.53. The number of ether oxygens (including phenoxy) is 3. The van der Waals surface area contributed by atoms with E-state index in [0.29, 0.717) is 36.0 Å². The van der Waals surface area contributed by atoms with Crippen molar-refractivity contribution in [3.05, 3.63) is 77.4 Å². The zero-order chi connectivity index (χ0) is 27.1. The smallest absolute Gasteiger partial charge is 0.201 e. The minimum Gasteiger partial charge on any atom is -0.493 e. The van der Waals surface area contributed by atoms with Gasteiger partial charge < -0.3 is 14.2 Å². The molecule has 0 amide bonds. The summed E-state index contributed by atoms with van der Waals surface area (Å²) in [5, 5.41) is 0. The second-order valence-electron chi connectivity index (χ2n) is 9.71. The normalized spacial score (nSPS) is 17.3. The van der Waals surface area contributed by atoms with Crippen LogP contribution in [0.15, 0.2) is 48.5 Å². The van der Waals surface area contributed by atoms with E-state index in [0.717, 1.165) is 38.5 Å². The van der Waals surface area contributed by atoms with Crippen molar-refractivity contribution in [2.24, 2.45) is 5.92 Å². The highest BCUT2D eigenvalue weighted by Gasteiger charge is 2.27. The molecular formula is C31H34F4O3. The number of unbranched alkanes of at least 4 members (excludes halogenated alkanes) is 1. The Hall–Kier alpha value is -3.22. The van der Waals surface area contributed by atoms with Crippen LogP contribution in [0.2, 0.25) is 0 Å². The molecule has 0 aliphatic heterocycles. The van der Waals surface area contributed by atoms with Crippen LogP contribution in [-0.2, 0) is 0 Å².